The summed E-state index contributed by atoms with van der Waals surface area (Å²) in [6.45, 7) is 2.69. The van der Waals surface area contributed by atoms with Crippen LogP contribution in [0, 0.1) is 17.2 Å². The number of hydrogen-bond donors (Lipinski definition) is 1. The van der Waals surface area contributed by atoms with Crippen LogP contribution in [-0.2, 0) is 11.3 Å². The lowest BCUT2D eigenvalue weighted by Crippen LogP contribution is -2.28. The third-order valence-electron chi connectivity index (χ3n) is 3.32. The molecular weight excluding hydrogens is 254 g/mol. The highest BCUT2D eigenvalue weighted by Crippen LogP contribution is 2.19. The molecule has 0 amide bonds. The van der Waals surface area contributed by atoms with Gasteiger partial charge in [0.05, 0.1) is 17.0 Å². The van der Waals surface area contributed by atoms with E-state index in [4.69, 9.17) is 5.11 Å². The number of pyridine rings is 1. The summed E-state index contributed by atoms with van der Waals surface area (Å²) in [5.74, 6) is -1.23. The monoisotopic (exact) mass is 271 g/mol. The summed E-state index contributed by atoms with van der Waals surface area (Å²) >= 11 is 0. The van der Waals surface area contributed by atoms with Crippen molar-refractivity contribution in [1.29, 1.82) is 5.26 Å². The summed E-state index contributed by atoms with van der Waals surface area (Å²) in [6, 6.07) is 7.95. The maximum absolute atomic E-state index is 10.9. The predicted octanol–water partition coefficient (Wildman–Crippen LogP) is 1.96. The van der Waals surface area contributed by atoms with Gasteiger partial charge in [0.1, 0.15) is 6.07 Å². The van der Waals surface area contributed by atoms with Crippen LogP contribution in [0.4, 0.5) is 0 Å². The average molecular weight is 271 g/mol. The van der Waals surface area contributed by atoms with Gasteiger partial charge in [0.2, 0.25) is 0 Å². The molecule has 0 saturated carbocycles. The van der Waals surface area contributed by atoms with Crippen LogP contribution in [0.3, 0.4) is 0 Å². The van der Waals surface area contributed by atoms with E-state index in [1.807, 2.05) is 46.9 Å². The Hall–Kier alpha value is -2.32. The molecule has 0 fully saturated rings. The van der Waals surface area contributed by atoms with Crippen molar-refractivity contribution < 1.29 is 9.90 Å². The Bertz CT molecular complexity index is 669. The smallest absolute Gasteiger partial charge is 0.307 e. The van der Waals surface area contributed by atoms with Gasteiger partial charge in [-0.25, -0.2) is 0 Å². The van der Waals surface area contributed by atoms with E-state index in [2.05, 4.69) is 6.07 Å². The number of carboxylic acid groups (broad SMARTS) is 1. The molecular formula is C15H17N3O2. The predicted molar refractivity (Wildman–Crippen MR) is 75.2 cm³/mol. The van der Waals surface area contributed by atoms with Crippen LogP contribution < -0.4 is 0 Å². The first-order valence-electron chi connectivity index (χ1n) is 6.43. The molecule has 2 rings (SSSR count). The van der Waals surface area contributed by atoms with E-state index in [1.165, 1.54) is 0 Å². The van der Waals surface area contributed by atoms with Crippen LogP contribution in [0.25, 0.3) is 5.52 Å². The molecule has 1 unspecified atom stereocenters. The molecule has 0 aliphatic rings. The zero-order valence-corrected chi connectivity index (χ0v) is 11.6. The lowest BCUT2D eigenvalue weighted by atomic mass is 10.1. The molecule has 2 aromatic heterocycles. The molecule has 0 aliphatic heterocycles. The number of nitriles is 1. The Morgan fingerprint density at radius 1 is 1.55 bits per heavy atom. The fourth-order valence-corrected chi connectivity index (χ4v) is 2.33. The SMILES string of the molecule is CC(CN(C)Cc1cn2ccccc2c1C#N)C(=O)O. The Balaban J connectivity index is 2.21. The third kappa shape index (κ3) is 2.81. The number of carboxylic acids is 1. The first-order valence-corrected chi connectivity index (χ1v) is 6.43. The van der Waals surface area contributed by atoms with Gasteiger partial charge >= 0.3 is 5.97 Å². The Morgan fingerprint density at radius 3 is 2.95 bits per heavy atom. The summed E-state index contributed by atoms with van der Waals surface area (Å²) in [7, 11) is 1.86. The van der Waals surface area contributed by atoms with Crippen molar-refractivity contribution in [3.8, 4) is 6.07 Å². The van der Waals surface area contributed by atoms with E-state index < -0.39 is 11.9 Å². The maximum Gasteiger partial charge on any atom is 0.307 e. The number of hydrogen-bond acceptors (Lipinski definition) is 3. The molecule has 0 aromatic carbocycles. The zero-order valence-electron chi connectivity index (χ0n) is 11.6. The van der Waals surface area contributed by atoms with Crippen molar-refractivity contribution in [1.82, 2.24) is 9.30 Å². The van der Waals surface area contributed by atoms with Crippen molar-refractivity contribution >= 4 is 11.5 Å². The molecule has 1 N–H and O–H groups in total. The van der Waals surface area contributed by atoms with E-state index in [-0.39, 0.29) is 0 Å². The molecule has 0 aliphatic carbocycles. The molecule has 1 atom stereocenters. The molecule has 20 heavy (non-hydrogen) atoms. The van der Waals surface area contributed by atoms with Crippen molar-refractivity contribution in [2.24, 2.45) is 5.92 Å². The number of aromatic nitrogens is 1. The molecule has 0 radical (unpaired) electrons. The van der Waals surface area contributed by atoms with Gasteiger partial charge in [-0.1, -0.05) is 13.0 Å². The second-order valence-corrected chi connectivity index (χ2v) is 5.07. The van der Waals surface area contributed by atoms with Gasteiger partial charge in [0, 0.05) is 31.0 Å². The van der Waals surface area contributed by atoms with Crippen LogP contribution in [-0.4, -0.2) is 34.0 Å². The molecule has 2 heterocycles. The molecule has 5 nitrogen and oxygen atoms in total. The summed E-state index contributed by atoms with van der Waals surface area (Å²) < 4.78 is 1.92. The summed E-state index contributed by atoms with van der Waals surface area (Å²) in [5.41, 5.74) is 2.45. The van der Waals surface area contributed by atoms with Crippen molar-refractivity contribution in [2.75, 3.05) is 13.6 Å². The highest BCUT2D eigenvalue weighted by atomic mass is 16.4. The normalized spacial score (nSPS) is 12.5. The van der Waals surface area contributed by atoms with E-state index in [1.54, 1.807) is 6.92 Å². The third-order valence-corrected chi connectivity index (χ3v) is 3.32. The number of fused-ring (bicyclic) bond motifs is 1. The van der Waals surface area contributed by atoms with Gasteiger partial charge in [-0.05, 0) is 19.2 Å². The number of nitrogens with zero attached hydrogens (tertiary/aromatic N) is 3. The number of rotatable bonds is 5. The second-order valence-electron chi connectivity index (χ2n) is 5.07. The van der Waals surface area contributed by atoms with Crippen LogP contribution in [0.1, 0.15) is 18.1 Å². The summed E-state index contributed by atoms with van der Waals surface area (Å²) in [6.07, 6.45) is 3.83. The molecule has 0 saturated heterocycles. The van der Waals surface area contributed by atoms with Gasteiger partial charge in [-0.3, -0.25) is 4.79 Å². The van der Waals surface area contributed by atoms with Gasteiger partial charge in [-0.15, -0.1) is 0 Å². The molecule has 5 heteroatoms. The van der Waals surface area contributed by atoms with E-state index in [0.29, 0.717) is 18.7 Å². The summed E-state index contributed by atoms with van der Waals surface area (Å²) in [5, 5.41) is 18.2. The van der Waals surface area contributed by atoms with Gasteiger partial charge < -0.3 is 14.4 Å². The van der Waals surface area contributed by atoms with Crippen LogP contribution >= 0.6 is 0 Å². The molecule has 2 aromatic rings. The van der Waals surface area contributed by atoms with Crippen LogP contribution in [0.2, 0.25) is 0 Å². The number of carbonyl (C=O) groups is 1. The minimum absolute atomic E-state index is 0.428. The van der Waals surface area contributed by atoms with E-state index >= 15 is 0 Å². The van der Waals surface area contributed by atoms with Gasteiger partial charge in [-0.2, -0.15) is 5.26 Å². The average Bonchev–Trinajstić information content (AvgIpc) is 2.75. The lowest BCUT2D eigenvalue weighted by molar-refractivity contribution is -0.141. The fourth-order valence-electron chi connectivity index (χ4n) is 2.33. The largest absolute Gasteiger partial charge is 0.481 e. The quantitative estimate of drug-likeness (QED) is 0.902. The zero-order chi connectivity index (χ0) is 14.7. The minimum atomic E-state index is -0.806. The maximum atomic E-state index is 10.9. The van der Waals surface area contributed by atoms with Crippen LogP contribution in [0.15, 0.2) is 30.6 Å². The van der Waals surface area contributed by atoms with Crippen molar-refractivity contribution in [3.05, 3.63) is 41.7 Å². The molecule has 0 spiro atoms. The van der Waals surface area contributed by atoms with Crippen molar-refractivity contribution in [2.45, 2.75) is 13.5 Å². The lowest BCUT2D eigenvalue weighted by Gasteiger charge is -2.18. The fraction of sp³-hybridized carbons (Fsp3) is 0.333. The topological polar surface area (TPSA) is 68.7 Å². The first kappa shape index (κ1) is 14.1. The standard InChI is InChI=1S/C15H17N3O2/c1-11(15(19)20)8-17(2)9-12-10-18-6-4-3-5-14(18)13(12)7-16/h3-6,10-11H,8-9H2,1-2H3,(H,19,20). The van der Waals surface area contributed by atoms with Gasteiger partial charge in [0.15, 0.2) is 0 Å². The minimum Gasteiger partial charge on any atom is -0.481 e. The summed E-state index contributed by atoms with van der Waals surface area (Å²) in [4.78, 5) is 12.8. The van der Waals surface area contributed by atoms with E-state index in [9.17, 15) is 10.1 Å². The Morgan fingerprint density at radius 2 is 2.30 bits per heavy atom. The van der Waals surface area contributed by atoms with E-state index in [0.717, 1.165) is 11.1 Å². The molecule has 0 bridgehead atoms. The van der Waals surface area contributed by atoms with Crippen LogP contribution in [0.5, 0.6) is 0 Å². The van der Waals surface area contributed by atoms with Crippen molar-refractivity contribution in [3.63, 3.8) is 0 Å². The Kier molecular flexibility index (Phi) is 4.06. The highest BCUT2D eigenvalue weighted by molar-refractivity contribution is 5.69. The van der Waals surface area contributed by atoms with Gasteiger partial charge in [0.25, 0.3) is 0 Å². The highest BCUT2D eigenvalue weighted by Gasteiger charge is 2.16. The Labute approximate surface area is 117 Å². The first-order chi connectivity index (χ1) is 9.52. The number of aliphatic carboxylic acids is 1. The second kappa shape index (κ2) is 5.76. The molecule has 104 valence electrons.